The number of nitrogens with zero attached hydrogens (tertiary/aromatic N) is 2. The van der Waals surface area contributed by atoms with E-state index < -0.39 is 0 Å². The maximum atomic E-state index is 13.1. The summed E-state index contributed by atoms with van der Waals surface area (Å²) in [5.74, 6) is 0.528. The van der Waals surface area contributed by atoms with E-state index in [0.29, 0.717) is 25.9 Å². The number of amides is 1. The Hall–Kier alpha value is -2.89. The quantitative estimate of drug-likeness (QED) is 0.746. The summed E-state index contributed by atoms with van der Waals surface area (Å²) in [6.07, 6.45) is 0.783. The molecular weight excluding hydrogens is 347 g/mol. The van der Waals surface area contributed by atoms with Crippen molar-refractivity contribution >= 4 is 11.6 Å². The molecule has 1 unspecified atom stereocenters. The van der Waals surface area contributed by atoms with Crippen molar-refractivity contribution in [1.29, 1.82) is 0 Å². The summed E-state index contributed by atoms with van der Waals surface area (Å²) in [5.41, 5.74) is 2.60. The highest BCUT2D eigenvalue weighted by atomic mass is 19.1. The summed E-state index contributed by atoms with van der Waals surface area (Å²) in [7, 11) is 1.62. The third kappa shape index (κ3) is 4.84. The van der Waals surface area contributed by atoms with Crippen LogP contribution >= 0.6 is 0 Å². The summed E-state index contributed by atoms with van der Waals surface area (Å²) in [4.78, 5) is 19.7. The molecule has 0 N–H and O–H groups in total. The first kappa shape index (κ1) is 18.9. The third-order valence-electron chi connectivity index (χ3n) is 4.50. The highest BCUT2D eigenvalue weighted by molar-refractivity contribution is 6.01. The number of methoxy groups -OCH3 is 1. The second kappa shape index (κ2) is 8.66. The van der Waals surface area contributed by atoms with Gasteiger partial charge in [-0.3, -0.25) is 4.79 Å². The minimum absolute atomic E-state index is 0.0525. The van der Waals surface area contributed by atoms with Gasteiger partial charge in [0.15, 0.2) is 6.10 Å². The Bertz CT molecular complexity index is 820. The summed E-state index contributed by atoms with van der Waals surface area (Å²) in [5, 5.41) is 4.13. The summed E-state index contributed by atoms with van der Waals surface area (Å²) in [6.45, 7) is 2.77. The van der Waals surface area contributed by atoms with E-state index in [4.69, 9.17) is 9.57 Å². The van der Waals surface area contributed by atoms with Gasteiger partial charge in [0, 0.05) is 19.4 Å². The second-order valence-electron chi connectivity index (χ2n) is 6.46. The van der Waals surface area contributed by atoms with Crippen LogP contribution in [0.1, 0.15) is 30.9 Å². The lowest BCUT2D eigenvalue weighted by atomic mass is 10.0. The number of halogens is 1. The predicted molar refractivity (Wildman–Crippen MR) is 101 cm³/mol. The number of hydrogen-bond acceptors (Lipinski definition) is 4. The largest absolute Gasteiger partial charge is 0.497 e. The van der Waals surface area contributed by atoms with Crippen LogP contribution in [0.3, 0.4) is 0 Å². The zero-order valence-corrected chi connectivity index (χ0v) is 15.5. The van der Waals surface area contributed by atoms with Crippen LogP contribution in [0.4, 0.5) is 4.39 Å². The minimum atomic E-state index is -0.284. The lowest BCUT2D eigenvalue weighted by Crippen LogP contribution is -2.36. The van der Waals surface area contributed by atoms with Gasteiger partial charge in [-0.1, -0.05) is 36.3 Å². The Labute approximate surface area is 158 Å². The lowest BCUT2D eigenvalue weighted by Gasteiger charge is -2.24. The van der Waals surface area contributed by atoms with Crippen LogP contribution in [0.15, 0.2) is 53.7 Å². The summed E-state index contributed by atoms with van der Waals surface area (Å²) >= 11 is 0. The second-order valence-corrected chi connectivity index (χ2v) is 6.46. The van der Waals surface area contributed by atoms with Crippen molar-refractivity contribution in [2.24, 2.45) is 5.16 Å². The van der Waals surface area contributed by atoms with E-state index in [1.807, 2.05) is 31.2 Å². The van der Waals surface area contributed by atoms with E-state index in [1.54, 1.807) is 24.1 Å². The third-order valence-corrected chi connectivity index (χ3v) is 4.50. The molecule has 1 aliphatic heterocycles. The lowest BCUT2D eigenvalue weighted by molar-refractivity contribution is -0.133. The zero-order valence-electron chi connectivity index (χ0n) is 15.5. The maximum absolute atomic E-state index is 13.1. The number of carbonyl (C=O) groups excluding carboxylic acids is 1. The average Bonchev–Trinajstić information content (AvgIpc) is 3.16. The van der Waals surface area contributed by atoms with Gasteiger partial charge in [-0.2, -0.15) is 0 Å². The molecule has 6 heteroatoms. The molecule has 2 aromatic rings. The van der Waals surface area contributed by atoms with Crippen molar-refractivity contribution in [3.8, 4) is 5.75 Å². The fraction of sp³-hybridized carbons (Fsp3) is 0.333. The van der Waals surface area contributed by atoms with E-state index in [9.17, 15) is 9.18 Å². The van der Waals surface area contributed by atoms with E-state index in [2.05, 4.69) is 5.16 Å². The number of oxime groups is 1. The SMILES string of the molecule is CCC(=O)N(Cc1cccc(OC)c1)CC1CC(c2ccc(F)cc2)=NO1. The van der Waals surface area contributed by atoms with Gasteiger partial charge in [-0.05, 0) is 35.4 Å². The Morgan fingerprint density at radius 2 is 2.07 bits per heavy atom. The maximum Gasteiger partial charge on any atom is 0.222 e. The fourth-order valence-electron chi connectivity index (χ4n) is 3.05. The molecule has 5 nitrogen and oxygen atoms in total. The molecule has 142 valence electrons. The molecule has 0 aromatic heterocycles. The molecule has 1 heterocycles. The molecule has 0 spiro atoms. The molecule has 2 aromatic carbocycles. The molecule has 1 aliphatic rings. The predicted octanol–water partition coefficient (Wildman–Crippen LogP) is 3.77. The van der Waals surface area contributed by atoms with Crippen molar-refractivity contribution in [2.75, 3.05) is 13.7 Å². The smallest absolute Gasteiger partial charge is 0.222 e. The monoisotopic (exact) mass is 370 g/mol. The van der Waals surface area contributed by atoms with Crippen LogP contribution in [-0.2, 0) is 16.2 Å². The molecule has 1 amide bonds. The highest BCUT2D eigenvalue weighted by Crippen LogP contribution is 2.20. The minimum Gasteiger partial charge on any atom is -0.497 e. The highest BCUT2D eigenvalue weighted by Gasteiger charge is 2.26. The summed E-state index contributed by atoms with van der Waals surface area (Å²) in [6, 6.07) is 13.8. The van der Waals surface area contributed by atoms with E-state index >= 15 is 0 Å². The molecule has 27 heavy (non-hydrogen) atoms. The Morgan fingerprint density at radius 3 is 2.78 bits per heavy atom. The van der Waals surface area contributed by atoms with E-state index in [1.165, 1.54) is 12.1 Å². The topological polar surface area (TPSA) is 51.1 Å². The average molecular weight is 370 g/mol. The van der Waals surface area contributed by atoms with E-state index in [0.717, 1.165) is 22.6 Å². The van der Waals surface area contributed by atoms with Crippen LogP contribution in [0.2, 0.25) is 0 Å². The van der Waals surface area contributed by atoms with Gasteiger partial charge in [0.2, 0.25) is 5.91 Å². The van der Waals surface area contributed by atoms with Crippen molar-refractivity contribution in [2.45, 2.75) is 32.4 Å². The van der Waals surface area contributed by atoms with Crippen LogP contribution in [0.25, 0.3) is 0 Å². The molecule has 0 saturated heterocycles. The molecule has 0 aliphatic carbocycles. The first-order valence-corrected chi connectivity index (χ1v) is 8.98. The van der Waals surface area contributed by atoms with Crippen LogP contribution < -0.4 is 4.74 Å². The Balaban J connectivity index is 1.65. The van der Waals surface area contributed by atoms with Crippen molar-refractivity contribution < 1.29 is 18.8 Å². The summed E-state index contributed by atoms with van der Waals surface area (Å²) < 4.78 is 18.3. The van der Waals surface area contributed by atoms with Gasteiger partial charge in [-0.25, -0.2) is 4.39 Å². The first-order valence-electron chi connectivity index (χ1n) is 8.98. The van der Waals surface area contributed by atoms with Gasteiger partial charge in [0.1, 0.15) is 11.6 Å². The standard InChI is InChI=1S/C21H23FN2O3/c1-3-21(25)24(13-15-5-4-6-18(11-15)26-2)14-19-12-20(23-27-19)16-7-9-17(22)10-8-16/h4-11,19H,3,12-14H2,1-2H3. The van der Waals surface area contributed by atoms with E-state index in [-0.39, 0.29) is 17.8 Å². The number of hydrogen-bond donors (Lipinski definition) is 0. The van der Waals surface area contributed by atoms with Crippen LogP contribution in [0.5, 0.6) is 5.75 Å². The molecule has 0 saturated carbocycles. The number of rotatable bonds is 7. The van der Waals surface area contributed by atoms with Gasteiger partial charge in [0.25, 0.3) is 0 Å². The van der Waals surface area contributed by atoms with Crippen LogP contribution in [-0.4, -0.2) is 36.3 Å². The van der Waals surface area contributed by atoms with Gasteiger partial charge >= 0.3 is 0 Å². The van der Waals surface area contributed by atoms with Crippen LogP contribution in [0, 0.1) is 5.82 Å². The van der Waals surface area contributed by atoms with Gasteiger partial charge in [0.05, 0.1) is 19.4 Å². The normalized spacial score (nSPS) is 15.8. The van der Waals surface area contributed by atoms with Gasteiger partial charge < -0.3 is 14.5 Å². The van der Waals surface area contributed by atoms with Crippen molar-refractivity contribution in [1.82, 2.24) is 4.90 Å². The Kier molecular flexibility index (Phi) is 6.06. The molecule has 3 rings (SSSR count). The van der Waals surface area contributed by atoms with Gasteiger partial charge in [-0.15, -0.1) is 0 Å². The molecule has 1 atom stereocenters. The van der Waals surface area contributed by atoms with Crippen molar-refractivity contribution in [3.63, 3.8) is 0 Å². The molecule has 0 fully saturated rings. The Morgan fingerprint density at radius 1 is 1.30 bits per heavy atom. The zero-order chi connectivity index (χ0) is 19.2. The fourth-order valence-corrected chi connectivity index (χ4v) is 3.05. The molecule has 0 bridgehead atoms. The molecular formula is C21H23FN2O3. The number of benzene rings is 2. The van der Waals surface area contributed by atoms with Crippen molar-refractivity contribution in [3.05, 3.63) is 65.5 Å². The number of carbonyl (C=O) groups is 1. The molecule has 0 radical (unpaired) electrons. The number of ether oxygens (including phenoxy) is 1. The first-order chi connectivity index (χ1) is 13.1.